The van der Waals surface area contributed by atoms with Gasteiger partial charge in [0, 0.05) is 12.4 Å². The maximum absolute atomic E-state index is 4.04. The van der Waals surface area contributed by atoms with E-state index in [-0.39, 0.29) is 0 Å². The van der Waals surface area contributed by atoms with E-state index in [4.69, 9.17) is 0 Å². The van der Waals surface area contributed by atoms with E-state index in [1.807, 2.05) is 19.3 Å². The van der Waals surface area contributed by atoms with E-state index >= 15 is 0 Å². The Bertz CT molecular complexity index is 248. The van der Waals surface area contributed by atoms with Gasteiger partial charge in [-0.1, -0.05) is 59.3 Å². The first kappa shape index (κ1) is 16.1. The maximum atomic E-state index is 4.04. The lowest BCUT2D eigenvalue weighted by molar-refractivity contribution is 0.624. The molecule has 0 spiro atoms. The molecule has 0 unspecified atom stereocenters. The van der Waals surface area contributed by atoms with Crippen LogP contribution in [0.2, 0.25) is 0 Å². The largest absolute Gasteiger partial charge is 0.241 e. The summed E-state index contributed by atoms with van der Waals surface area (Å²) >= 11 is 0. The van der Waals surface area contributed by atoms with Crippen LogP contribution in [-0.2, 0) is 6.42 Å². The maximum Gasteiger partial charge on any atom is 0.125 e. The Balaban J connectivity index is 0.000000304. The molecule has 0 atom stereocenters. The van der Waals surface area contributed by atoms with Gasteiger partial charge in [-0.15, -0.1) is 0 Å². The van der Waals surface area contributed by atoms with Crippen molar-refractivity contribution < 1.29 is 0 Å². The normalized spacial score (nSPS) is 9.65. The highest BCUT2D eigenvalue weighted by atomic mass is 14.8. The van der Waals surface area contributed by atoms with E-state index in [0.29, 0.717) is 0 Å². The van der Waals surface area contributed by atoms with Gasteiger partial charge in [-0.05, 0) is 18.9 Å². The Morgan fingerprint density at radius 3 is 1.65 bits per heavy atom. The van der Waals surface area contributed by atoms with E-state index in [1.54, 1.807) is 0 Å². The van der Waals surface area contributed by atoms with E-state index in [9.17, 15) is 0 Å². The third-order valence-electron chi connectivity index (χ3n) is 2.70. The molecule has 98 valence electrons. The zero-order valence-corrected chi connectivity index (χ0v) is 12.0. The highest BCUT2D eigenvalue weighted by molar-refractivity contribution is 5.03. The molecule has 0 aliphatic rings. The van der Waals surface area contributed by atoms with Gasteiger partial charge in [-0.2, -0.15) is 0 Å². The van der Waals surface area contributed by atoms with Crippen LogP contribution in [0.4, 0.5) is 0 Å². The number of unbranched alkanes of at least 4 members (excludes halogenated alkanes) is 5. The summed E-state index contributed by atoms with van der Waals surface area (Å²) < 4.78 is 0. The van der Waals surface area contributed by atoms with Crippen LogP contribution in [0.25, 0.3) is 0 Å². The summed E-state index contributed by atoms with van der Waals surface area (Å²) in [6.07, 6.45) is 13.2. The zero-order valence-electron chi connectivity index (χ0n) is 12.0. The second kappa shape index (κ2) is 11.6. The number of hydrogen-bond acceptors (Lipinski definition) is 2. The van der Waals surface area contributed by atoms with Gasteiger partial charge < -0.3 is 0 Å². The lowest BCUT2D eigenvalue weighted by Crippen LogP contribution is -1.88. The fourth-order valence-corrected chi connectivity index (χ4v) is 1.46. The van der Waals surface area contributed by atoms with E-state index in [0.717, 1.165) is 12.2 Å². The van der Waals surface area contributed by atoms with Crippen molar-refractivity contribution in [1.82, 2.24) is 9.97 Å². The minimum atomic E-state index is 0.840. The highest BCUT2D eigenvalue weighted by Crippen LogP contribution is 2.03. The molecule has 1 aromatic rings. The third kappa shape index (κ3) is 9.98. The number of rotatable bonds is 6. The van der Waals surface area contributed by atoms with Crippen LogP contribution in [0.1, 0.15) is 70.7 Å². The Kier molecular flexibility index (Phi) is 10.9. The number of aryl methyl sites for hydroxylation is 2. The minimum Gasteiger partial charge on any atom is -0.241 e. The Labute approximate surface area is 107 Å². The van der Waals surface area contributed by atoms with Crippen molar-refractivity contribution in [3.05, 3.63) is 23.8 Å². The second-order valence-electron chi connectivity index (χ2n) is 4.41. The fourth-order valence-electron chi connectivity index (χ4n) is 1.46. The molecular formula is C15H28N2. The molecule has 1 heterocycles. The van der Waals surface area contributed by atoms with Crippen molar-refractivity contribution in [2.75, 3.05) is 0 Å². The lowest BCUT2D eigenvalue weighted by atomic mass is 10.1. The minimum absolute atomic E-state index is 0.840. The Morgan fingerprint density at radius 2 is 1.29 bits per heavy atom. The summed E-state index contributed by atoms with van der Waals surface area (Å²) in [5.74, 6) is 0.840. The van der Waals surface area contributed by atoms with Crippen molar-refractivity contribution in [3.8, 4) is 0 Å². The summed E-state index contributed by atoms with van der Waals surface area (Å²) in [6.45, 7) is 8.49. The van der Waals surface area contributed by atoms with Gasteiger partial charge in [0.2, 0.25) is 0 Å². The Morgan fingerprint density at radius 1 is 0.824 bits per heavy atom. The summed E-state index contributed by atoms with van der Waals surface area (Å²) in [5, 5.41) is 0. The second-order valence-corrected chi connectivity index (χ2v) is 4.41. The molecule has 2 heteroatoms. The fraction of sp³-hybridized carbons (Fsp3) is 0.733. The Hall–Kier alpha value is -0.920. The van der Waals surface area contributed by atoms with Gasteiger partial charge in [-0.25, -0.2) is 9.97 Å². The molecular weight excluding hydrogens is 208 g/mol. The first-order chi connectivity index (χ1) is 8.24. The molecule has 0 fully saturated rings. The van der Waals surface area contributed by atoms with Crippen LogP contribution in [0, 0.1) is 6.92 Å². The average molecular weight is 236 g/mol. The summed E-state index contributed by atoms with van der Waals surface area (Å²) in [6, 6.07) is 0. The molecule has 0 saturated carbocycles. The summed E-state index contributed by atoms with van der Waals surface area (Å²) in [7, 11) is 0. The zero-order chi connectivity index (χ0) is 12.9. The lowest BCUT2D eigenvalue weighted by Gasteiger charge is -1.93. The molecule has 0 aromatic carbocycles. The number of nitrogens with zero attached hydrogens (tertiary/aromatic N) is 2. The highest BCUT2D eigenvalue weighted by Gasteiger charge is 1.87. The van der Waals surface area contributed by atoms with Crippen molar-refractivity contribution in [3.63, 3.8) is 0 Å². The molecule has 0 amide bonds. The topological polar surface area (TPSA) is 25.8 Å². The molecule has 0 aliphatic carbocycles. The van der Waals surface area contributed by atoms with Crippen LogP contribution in [0.5, 0.6) is 0 Å². The van der Waals surface area contributed by atoms with Gasteiger partial charge in [0.05, 0.1) is 0 Å². The predicted octanol–water partition coefficient (Wildman–Crippen LogP) is 4.71. The van der Waals surface area contributed by atoms with Crippen LogP contribution in [0.15, 0.2) is 12.4 Å². The first-order valence-electron chi connectivity index (χ1n) is 7.02. The molecule has 0 radical (unpaired) electrons. The molecule has 0 N–H and O–H groups in total. The van der Waals surface area contributed by atoms with Crippen LogP contribution in [-0.4, -0.2) is 9.97 Å². The predicted molar refractivity (Wildman–Crippen MR) is 75.2 cm³/mol. The van der Waals surface area contributed by atoms with Gasteiger partial charge in [0.1, 0.15) is 5.82 Å². The molecule has 0 saturated heterocycles. The van der Waals surface area contributed by atoms with Crippen molar-refractivity contribution >= 4 is 0 Å². The number of hydrogen-bond donors (Lipinski definition) is 0. The molecule has 1 aromatic heterocycles. The SMILES string of the molecule is CCCCCCCC.CCc1cnc(C)nc1. The summed E-state index contributed by atoms with van der Waals surface area (Å²) in [5.41, 5.74) is 1.20. The van der Waals surface area contributed by atoms with E-state index in [1.165, 1.54) is 44.1 Å². The van der Waals surface area contributed by atoms with Crippen LogP contribution in [0.3, 0.4) is 0 Å². The van der Waals surface area contributed by atoms with Crippen LogP contribution >= 0.6 is 0 Å². The van der Waals surface area contributed by atoms with Gasteiger partial charge >= 0.3 is 0 Å². The first-order valence-corrected chi connectivity index (χ1v) is 7.02. The molecule has 2 nitrogen and oxygen atoms in total. The molecule has 17 heavy (non-hydrogen) atoms. The smallest absolute Gasteiger partial charge is 0.125 e. The van der Waals surface area contributed by atoms with Gasteiger partial charge in [0.25, 0.3) is 0 Å². The monoisotopic (exact) mass is 236 g/mol. The van der Waals surface area contributed by atoms with Crippen molar-refractivity contribution in [2.24, 2.45) is 0 Å². The standard InChI is InChI=1S/C8H18.C7H10N2/c1-3-5-7-8-6-4-2;1-3-7-4-8-6(2)9-5-7/h3-8H2,1-2H3;4-5H,3H2,1-2H3. The third-order valence-corrected chi connectivity index (χ3v) is 2.70. The molecule has 0 aliphatic heterocycles. The van der Waals surface area contributed by atoms with Gasteiger partial charge in [-0.3, -0.25) is 0 Å². The molecule has 1 rings (SSSR count). The van der Waals surface area contributed by atoms with E-state index in [2.05, 4.69) is 30.7 Å². The van der Waals surface area contributed by atoms with E-state index < -0.39 is 0 Å². The van der Waals surface area contributed by atoms with Crippen LogP contribution < -0.4 is 0 Å². The van der Waals surface area contributed by atoms with Crippen molar-refractivity contribution in [1.29, 1.82) is 0 Å². The molecule has 0 bridgehead atoms. The summed E-state index contributed by atoms with van der Waals surface area (Å²) in [4.78, 5) is 8.08. The van der Waals surface area contributed by atoms with Gasteiger partial charge in [0.15, 0.2) is 0 Å². The number of aromatic nitrogens is 2. The quantitative estimate of drug-likeness (QED) is 0.668. The van der Waals surface area contributed by atoms with Crippen molar-refractivity contribution in [2.45, 2.75) is 72.6 Å². The average Bonchev–Trinajstić information content (AvgIpc) is 2.37.